The maximum Gasteiger partial charge on any atom is 0.330 e. The van der Waals surface area contributed by atoms with Crippen LogP contribution in [0.2, 0.25) is 0 Å². The number of hydrogen-bond acceptors (Lipinski definition) is 3. The highest BCUT2D eigenvalue weighted by atomic mass is 16.4. The van der Waals surface area contributed by atoms with Crippen LogP contribution in [0.1, 0.15) is 18.5 Å². The molecule has 0 aliphatic heterocycles. The monoisotopic (exact) mass is 279 g/mol. The number of urea groups is 1. The van der Waals surface area contributed by atoms with E-state index in [-0.39, 0.29) is 6.04 Å². The molecule has 20 heavy (non-hydrogen) atoms. The number of carbonyl (C=O) groups excluding carboxylic acids is 1. The molecule has 3 N–H and O–H groups in total. The molecule has 1 rings (SSSR count). The maximum absolute atomic E-state index is 11.8. The molecule has 110 valence electrons. The fraction of sp³-hybridized carbons (Fsp3) is 0.429. The van der Waals surface area contributed by atoms with E-state index in [1.54, 1.807) is 30.3 Å². The Bertz CT molecular complexity index is 448. The fourth-order valence-electron chi connectivity index (χ4n) is 1.54. The zero-order valence-corrected chi connectivity index (χ0v) is 12.0. The Morgan fingerprint density at radius 1 is 1.25 bits per heavy atom. The molecule has 6 nitrogen and oxygen atoms in total. The van der Waals surface area contributed by atoms with Crippen LogP contribution in [-0.4, -0.2) is 48.7 Å². The molecule has 0 fully saturated rings. The number of carboxylic acids is 1. The van der Waals surface area contributed by atoms with Crippen LogP contribution in [0.4, 0.5) is 4.79 Å². The van der Waals surface area contributed by atoms with Crippen LogP contribution in [0.5, 0.6) is 0 Å². The van der Waals surface area contributed by atoms with Gasteiger partial charge in [-0.2, -0.15) is 0 Å². The first-order chi connectivity index (χ1) is 9.41. The van der Waals surface area contributed by atoms with Gasteiger partial charge in [-0.3, -0.25) is 0 Å². The first-order valence-electron chi connectivity index (χ1n) is 6.40. The minimum Gasteiger partial charge on any atom is -0.479 e. The number of amides is 2. The second-order valence-corrected chi connectivity index (χ2v) is 4.85. The molecule has 0 aliphatic carbocycles. The molecular weight excluding hydrogens is 258 g/mol. The molecule has 2 unspecified atom stereocenters. The summed E-state index contributed by atoms with van der Waals surface area (Å²) in [4.78, 5) is 24.9. The first kappa shape index (κ1) is 16.0. The Labute approximate surface area is 118 Å². The highest BCUT2D eigenvalue weighted by Crippen LogP contribution is 2.12. The number of likely N-dealkylation sites (N-methyl/N-ethyl adjacent to an activating group) is 1. The number of hydrogen-bond donors (Lipinski definition) is 3. The van der Waals surface area contributed by atoms with E-state index in [0.29, 0.717) is 12.1 Å². The number of rotatable bonds is 6. The van der Waals surface area contributed by atoms with Crippen molar-refractivity contribution in [3.8, 4) is 0 Å². The highest BCUT2D eigenvalue weighted by molar-refractivity contribution is 5.83. The molecule has 0 aromatic heterocycles. The molecule has 0 saturated carbocycles. The van der Waals surface area contributed by atoms with E-state index in [0.717, 1.165) is 0 Å². The summed E-state index contributed by atoms with van der Waals surface area (Å²) in [5.74, 6) is -1.09. The predicted octanol–water partition coefficient (Wildman–Crippen LogP) is 1.06. The van der Waals surface area contributed by atoms with Crippen molar-refractivity contribution in [1.29, 1.82) is 0 Å². The summed E-state index contributed by atoms with van der Waals surface area (Å²) in [7, 11) is 3.82. The van der Waals surface area contributed by atoms with E-state index < -0.39 is 18.0 Å². The van der Waals surface area contributed by atoms with Crippen LogP contribution in [-0.2, 0) is 4.79 Å². The molecule has 6 heteroatoms. The minimum atomic E-state index is -1.09. The van der Waals surface area contributed by atoms with Crippen LogP contribution in [0.15, 0.2) is 30.3 Å². The van der Waals surface area contributed by atoms with Crippen LogP contribution < -0.4 is 10.6 Å². The van der Waals surface area contributed by atoms with Gasteiger partial charge in [0, 0.05) is 12.6 Å². The summed E-state index contributed by atoms with van der Waals surface area (Å²) in [5.41, 5.74) is 0.538. The number of carbonyl (C=O) groups is 2. The molecule has 0 aliphatic rings. The first-order valence-corrected chi connectivity index (χ1v) is 6.40. The zero-order chi connectivity index (χ0) is 15.1. The lowest BCUT2D eigenvalue weighted by atomic mass is 10.1. The second kappa shape index (κ2) is 7.49. The van der Waals surface area contributed by atoms with Crippen molar-refractivity contribution in [2.75, 3.05) is 20.6 Å². The summed E-state index contributed by atoms with van der Waals surface area (Å²) >= 11 is 0. The highest BCUT2D eigenvalue weighted by Gasteiger charge is 2.21. The van der Waals surface area contributed by atoms with Gasteiger partial charge < -0.3 is 20.6 Å². The molecule has 0 radical (unpaired) electrons. The van der Waals surface area contributed by atoms with Gasteiger partial charge in [0.05, 0.1) is 0 Å². The average Bonchev–Trinajstić information content (AvgIpc) is 2.42. The van der Waals surface area contributed by atoms with Crippen LogP contribution in [0.3, 0.4) is 0 Å². The second-order valence-electron chi connectivity index (χ2n) is 4.85. The number of nitrogens with one attached hydrogen (secondary N) is 2. The molecule has 2 atom stereocenters. The maximum atomic E-state index is 11.8. The van der Waals surface area contributed by atoms with Gasteiger partial charge in [-0.15, -0.1) is 0 Å². The molecule has 0 bridgehead atoms. The molecule has 1 aromatic rings. The van der Waals surface area contributed by atoms with Crippen molar-refractivity contribution in [2.45, 2.75) is 19.0 Å². The normalized spacial score (nSPS) is 13.6. The molecule has 2 amide bonds. The SMILES string of the molecule is CC(CNC(=O)NC(C(=O)O)c1ccccc1)N(C)C. The van der Waals surface area contributed by atoms with Gasteiger partial charge in [0.25, 0.3) is 0 Å². The summed E-state index contributed by atoms with van der Waals surface area (Å²) in [5, 5.41) is 14.3. The molecule has 0 saturated heterocycles. The topological polar surface area (TPSA) is 81.7 Å². The summed E-state index contributed by atoms with van der Waals surface area (Å²) in [6, 6.07) is 7.23. The molecule has 1 aromatic carbocycles. The third-order valence-corrected chi connectivity index (χ3v) is 3.09. The molecular formula is C14H21N3O3. The van der Waals surface area contributed by atoms with Gasteiger partial charge in [-0.1, -0.05) is 30.3 Å². The van der Waals surface area contributed by atoms with Crippen molar-refractivity contribution in [3.05, 3.63) is 35.9 Å². The Balaban J connectivity index is 2.59. The van der Waals surface area contributed by atoms with E-state index in [9.17, 15) is 14.7 Å². The standard InChI is InChI=1S/C14H21N3O3/c1-10(17(2)3)9-15-14(20)16-12(13(18)19)11-7-5-4-6-8-11/h4-8,10,12H,9H2,1-3H3,(H,18,19)(H2,15,16,20). The van der Waals surface area contributed by atoms with E-state index in [2.05, 4.69) is 10.6 Å². The smallest absolute Gasteiger partial charge is 0.330 e. The van der Waals surface area contributed by atoms with Gasteiger partial charge in [-0.05, 0) is 26.6 Å². The quantitative estimate of drug-likeness (QED) is 0.727. The minimum absolute atomic E-state index is 0.167. The number of benzene rings is 1. The van der Waals surface area contributed by atoms with Crippen LogP contribution >= 0.6 is 0 Å². The van der Waals surface area contributed by atoms with Crippen molar-refractivity contribution in [2.24, 2.45) is 0 Å². The Morgan fingerprint density at radius 3 is 2.35 bits per heavy atom. The van der Waals surface area contributed by atoms with Gasteiger partial charge >= 0.3 is 12.0 Å². The molecule has 0 spiro atoms. The van der Waals surface area contributed by atoms with E-state index >= 15 is 0 Å². The Kier molecular flexibility index (Phi) is 5.99. The van der Waals surface area contributed by atoms with E-state index in [1.807, 2.05) is 25.9 Å². The van der Waals surface area contributed by atoms with Crippen LogP contribution in [0, 0.1) is 0 Å². The lowest BCUT2D eigenvalue weighted by molar-refractivity contribution is -0.139. The predicted molar refractivity (Wildman–Crippen MR) is 76.5 cm³/mol. The van der Waals surface area contributed by atoms with E-state index in [1.165, 1.54) is 0 Å². The lowest BCUT2D eigenvalue weighted by Crippen LogP contribution is -2.45. The Hall–Kier alpha value is -2.08. The van der Waals surface area contributed by atoms with Gasteiger partial charge in [-0.25, -0.2) is 9.59 Å². The van der Waals surface area contributed by atoms with Gasteiger partial charge in [0.15, 0.2) is 6.04 Å². The van der Waals surface area contributed by atoms with Crippen LogP contribution in [0.25, 0.3) is 0 Å². The largest absolute Gasteiger partial charge is 0.479 e. The summed E-state index contributed by atoms with van der Waals surface area (Å²) in [6.45, 7) is 2.41. The Morgan fingerprint density at radius 2 is 1.85 bits per heavy atom. The van der Waals surface area contributed by atoms with Crippen molar-refractivity contribution in [3.63, 3.8) is 0 Å². The number of nitrogens with zero attached hydrogens (tertiary/aromatic N) is 1. The van der Waals surface area contributed by atoms with Crippen molar-refractivity contribution in [1.82, 2.24) is 15.5 Å². The number of carboxylic acid groups (broad SMARTS) is 1. The molecule has 0 heterocycles. The summed E-state index contributed by atoms with van der Waals surface area (Å²) in [6.07, 6.45) is 0. The third kappa shape index (κ3) is 4.89. The zero-order valence-electron chi connectivity index (χ0n) is 12.0. The van der Waals surface area contributed by atoms with Gasteiger partial charge in [0.2, 0.25) is 0 Å². The number of aliphatic carboxylic acids is 1. The van der Waals surface area contributed by atoms with Gasteiger partial charge in [0.1, 0.15) is 0 Å². The van der Waals surface area contributed by atoms with Crippen molar-refractivity contribution >= 4 is 12.0 Å². The average molecular weight is 279 g/mol. The van der Waals surface area contributed by atoms with E-state index in [4.69, 9.17) is 0 Å². The lowest BCUT2D eigenvalue weighted by Gasteiger charge is -2.21. The third-order valence-electron chi connectivity index (χ3n) is 3.09. The fourth-order valence-corrected chi connectivity index (χ4v) is 1.54. The van der Waals surface area contributed by atoms with Crippen molar-refractivity contribution < 1.29 is 14.7 Å². The summed E-state index contributed by atoms with van der Waals surface area (Å²) < 4.78 is 0.